The molecular formula is C23H21ClN2O2S. The van der Waals surface area contributed by atoms with Crippen molar-refractivity contribution < 1.29 is 8.42 Å². The highest BCUT2D eigenvalue weighted by Crippen LogP contribution is 2.18. The molecule has 0 aromatic heterocycles. The lowest BCUT2D eigenvalue weighted by Crippen LogP contribution is -2.20. The fourth-order valence-corrected chi connectivity index (χ4v) is 3.61. The van der Waals surface area contributed by atoms with Gasteiger partial charge in [-0.3, -0.25) is 0 Å². The maximum absolute atomic E-state index is 12.6. The molecule has 29 heavy (non-hydrogen) atoms. The van der Waals surface area contributed by atoms with E-state index in [1.165, 1.54) is 0 Å². The average Bonchev–Trinajstić information content (AvgIpc) is 2.72. The van der Waals surface area contributed by atoms with Crippen LogP contribution in [0.15, 0.2) is 94.9 Å². The SMILES string of the molecule is C/C(=C\C(=N/NS(=O)(=O)c1ccc(C)cc1)c1ccccc1)c1ccc(Cl)cc1. The highest BCUT2D eigenvalue weighted by atomic mass is 35.5. The molecule has 0 fully saturated rings. The molecule has 0 unspecified atom stereocenters. The summed E-state index contributed by atoms with van der Waals surface area (Å²) in [6.45, 7) is 3.84. The zero-order chi connectivity index (χ0) is 20.9. The van der Waals surface area contributed by atoms with E-state index in [1.807, 2.05) is 74.5 Å². The van der Waals surface area contributed by atoms with Crippen LogP contribution in [0.4, 0.5) is 0 Å². The van der Waals surface area contributed by atoms with Gasteiger partial charge in [-0.05, 0) is 55.3 Å². The lowest BCUT2D eigenvalue weighted by molar-refractivity contribution is 0.584. The van der Waals surface area contributed by atoms with E-state index in [0.717, 1.165) is 22.3 Å². The van der Waals surface area contributed by atoms with Crippen molar-refractivity contribution in [1.82, 2.24) is 4.83 Å². The van der Waals surface area contributed by atoms with Gasteiger partial charge in [0.1, 0.15) is 0 Å². The zero-order valence-corrected chi connectivity index (χ0v) is 17.7. The van der Waals surface area contributed by atoms with Crippen LogP contribution in [0.1, 0.15) is 23.6 Å². The Morgan fingerprint density at radius 1 is 0.897 bits per heavy atom. The average molecular weight is 425 g/mol. The monoisotopic (exact) mass is 424 g/mol. The second-order valence-corrected chi connectivity index (χ2v) is 8.70. The summed E-state index contributed by atoms with van der Waals surface area (Å²) in [6, 6.07) is 23.5. The van der Waals surface area contributed by atoms with Gasteiger partial charge in [0.25, 0.3) is 10.0 Å². The molecule has 0 amide bonds. The molecule has 0 radical (unpaired) electrons. The molecule has 3 rings (SSSR count). The normalized spacial score (nSPS) is 12.7. The van der Waals surface area contributed by atoms with Gasteiger partial charge in [0.15, 0.2) is 0 Å². The van der Waals surface area contributed by atoms with Gasteiger partial charge in [-0.15, -0.1) is 0 Å². The summed E-state index contributed by atoms with van der Waals surface area (Å²) in [7, 11) is -3.77. The van der Waals surface area contributed by atoms with Gasteiger partial charge in [-0.25, -0.2) is 0 Å². The van der Waals surface area contributed by atoms with Crippen LogP contribution < -0.4 is 4.83 Å². The molecule has 3 aromatic rings. The third-order valence-electron chi connectivity index (χ3n) is 4.34. The fraction of sp³-hybridized carbons (Fsp3) is 0.0870. The Labute approximate surface area is 176 Å². The minimum absolute atomic E-state index is 0.165. The molecule has 0 aliphatic rings. The van der Waals surface area contributed by atoms with Crippen LogP contribution >= 0.6 is 11.6 Å². The Bertz CT molecular complexity index is 1140. The first-order valence-corrected chi connectivity index (χ1v) is 10.9. The molecule has 0 heterocycles. The number of hydrazone groups is 1. The minimum Gasteiger partial charge on any atom is -0.200 e. The van der Waals surface area contributed by atoms with Crippen LogP contribution in [-0.4, -0.2) is 14.1 Å². The van der Waals surface area contributed by atoms with Gasteiger partial charge in [-0.1, -0.05) is 71.8 Å². The summed E-state index contributed by atoms with van der Waals surface area (Å²) in [6.07, 6.45) is 1.84. The van der Waals surface area contributed by atoms with Crippen molar-refractivity contribution in [1.29, 1.82) is 0 Å². The van der Waals surface area contributed by atoms with Crippen molar-refractivity contribution in [2.45, 2.75) is 18.7 Å². The molecule has 6 heteroatoms. The van der Waals surface area contributed by atoms with E-state index >= 15 is 0 Å². The van der Waals surface area contributed by atoms with E-state index in [9.17, 15) is 8.42 Å². The van der Waals surface area contributed by atoms with E-state index < -0.39 is 10.0 Å². The van der Waals surface area contributed by atoms with E-state index in [2.05, 4.69) is 9.93 Å². The number of rotatable bonds is 6. The molecule has 0 atom stereocenters. The third-order valence-corrected chi connectivity index (χ3v) is 5.82. The summed E-state index contributed by atoms with van der Waals surface area (Å²) >= 11 is 5.97. The number of aryl methyl sites for hydroxylation is 1. The fourth-order valence-electron chi connectivity index (χ4n) is 2.67. The number of allylic oxidation sites excluding steroid dienone is 2. The summed E-state index contributed by atoms with van der Waals surface area (Å²) in [5.74, 6) is 0. The van der Waals surface area contributed by atoms with Crippen LogP contribution in [0, 0.1) is 6.92 Å². The minimum atomic E-state index is -3.77. The predicted molar refractivity (Wildman–Crippen MR) is 120 cm³/mol. The van der Waals surface area contributed by atoms with Gasteiger partial charge in [0.05, 0.1) is 10.6 Å². The van der Waals surface area contributed by atoms with Crippen LogP contribution in [0.5, 0.6) is 0 Å². The van der Waals surface area contributed by atoms with Crippen molar-refractivity contribution in [3.05, 3.63) is 107 Å². The van der Waals surface area contributed by atoms with Crippen LogP contribution in [0.2, 0.25) is 5.02 Å². The number of hydrogen-bond donors (Lipinski definition) is 1. The standard InChI is InChI=1S/C23H21ClN2O2S/c1-17-8-14-22(15-9-17)29(27,28)26-25-23(20-6-4-3-5-7-20)16-18(2)19-10-12-21(24)13-11-19/h3-16,26H,1-2H3/b18-16+,25-23+. The number of hydrogen-bond acceptors (Lipinski definition) is 3. The second-order valence-electron chi connectivity index (χ2n) is 6.61. The van der Waals surface area contributed by atoms with Crippen molar-refractivity contribution >= 4 is 32.9 Å². The maximum Gasteiger partial charge on any atom is 0.276 e. The number of nitrogens with zero attached hydrogens (tertiary/aromatic N) is 1. The van der Waals surface area contributed by atoms with Gasteiger partial charge in [0.2, 0.25) is 0 Å². The van der Waals surface area contributed by atoms with Crippen LogP contribution in [0.3, 0.4) is 0 Å². The first-order valence-electron chi connectivity index (χ1n) is 9.01. The first-order chi connectivity index (χ1) is 13.8. The molecule has 0 saturated carbocycles. The lowest BCUT2D eigenvalue weighted by Gasteiger charge is -2.08. The van der Waals surface area contributed by atoms with Gasteiger partial charge >= 0.3 is 0 Å². The van der Waals surface area contributed by atoms with E-state index in [4.69, 9.17) is 11.6 Å². The molecule has 0 aliphatic heterocycles. The molecule has 148 valence electrons. The first kappa shape index (κ1) is 20.8. The summed E-state index contributed by atoms with van der Waals surface area (Å²) in [5.41, 5.74) is 4.19. The third kappa shape index (κ3) is 5.56. The van der Waals surface area contributed by atoms with Gasteiger partial charge < -0.3 is 0 Å². The van der Waals surface area contributed by atoms with E-state index in [-0.39, 0.29) is 4.90 Å². The van der Waals surface area contributed by atoms with Crippen molar-refractivity contribution in [3.63, 3.8) is 0 Å². The molecule has 0 spiro atoms. The van der Waals surface area contributed by atoms with E-state index in [1.54, 1.807) is 24.3 Å². The predicted octanol–water partition coefficient (Wildman–Crippen LogP) is 5.43. The topological polar surface area (TPSA) is 58.5 Å². The van der Waals surface area contributed by atoms with E-state index in [0.29, 0.717) is 10.7 Å². The number of benzene rings is 3. The van der Waals surface area contributed by atoms with Gasteiger partial charge in [0, 0.05) is 10.6 Å². The second kappa shape index (κ2) is 9.07. The Morgan fingerprint density at radius 3 is 2.14 bits per heavy atom. The largest absolute Gasteiger partial charge is 0.276 e. The summed E-state index contributed by atoms with van der Waals surface area (Å²) in [4.78, 5) is 2.52. The van der Waals surface area contributed by atoms with Crippen molar-refractivity contribution in [3.8, 4) is 0 Å². The zero-order valence-electron chi connectivity index (χ0n) is 16.1. The van der Waals surface area contributed by atoms with Crippen LogP contribution in [-0.2, 0) is 10.0 Å². The summed E-state index contributed by atoms with van der Waals surface area (Å²) < 4.78 is 25.2. The Balaban J connectivity index is 1.96. The summed E-state index contributed by atoms with van der Waals surface area (Å²) in [5, 5.41) is 4.88. The Hall–Kier alpha value is -2.89. The Kier molecular flexibility index (Phi) is 6.52. The molecule has 0 bridgehead atoms. The molecule has 4 nitrogen and oxygen atoms in total. The van der Waals surface area contributed by atoms with Gasteiger partial charge in [-0.2, -0.15) is 18.4 Å². The number of nitrogens with one attached hydrogen (secondary N) is 1. The molecular weight excluding hydrogens is 404 g/mol. The van der Waals surface area contributed by atoms with Crippen LogP contribution in [0.25, 0.3) is 5.57 Å². The smallest absolute Gasteiger partial charge is 0.200 e. The number of halogens is 1. The highest BCUT2D eigenvalue weighted by Gasteiger charge is 2.13. The van der Waals surface area contributed by atoms with Crippen molar-refractivity contribution in [2.24, 2.45) is 5.10 Å². The quantitative estimate of drug-likeness (QED) is 0.423. The molecule has 1 N–H and O–H groups in total. The lowest BCUT2D eigenvalue weighted by atomic mass is 10.0. The Morgan fingerprint density at radius 2 is 1.52 bits per heavy atom. The molecule has 0 saturated heterocycles. The van der Waals surface area contributed by atoms with Crippen molar-refractivity contribution in [2.75, 3.05) is 0 Å². The molecule has 3 aromatic carbocycles. The molecule has 0 aliphatic carbocycles. The maximum atomic E-state index is 12.6. The highest BCUT2D eigenvalue weighted by molar-refractivity contribution is 7.89. The number of sulfonamides is 1.